The first-order valence-corrected chi connectivity index (χ1v) is 12.1. The van der Waals surface area contributed by atoms with E-state index in [2.05, 4.69) is 0 Å². The van der Waals surface area contributed by atoms with Gasteiger partial charge in [-0.1, -0.05) is 29.6 Å². The van der Waals surface area contributed by atoms with Crippen molar-refractivity contribution in [3.63, 3.8) is 0 Å². The topological polar surface area (TPSA) is 52.6 Å². The highest BCUT2D eigenvalue weighted by Crippen LogP contribution is 2.67. The van der Waals surface area contributed by atoms with Gasteiger partial charge in [-0.25, -0.2) is 8.42 Å². The molecule has 0 amide bonds. The summed E-state index contributed by atoms with van der Waals surface area (Å²) in [4.78, 5) is 0.409. The monoisotopic (exact) mass is 352 g/mol. The van der Waals surface area contributed by atoms with Crippen molar-refractivity contribution in [1.29, 1.82) is 0 Å². The molecular formula is C12H17O4PS3. The Morgan fingerprint density at radius 3 is 2.50 bits per heavy atom. The SMILES string of the molecule is CCOP(=S)(OCC)SC1CS(=O)(=O)c2ccccc21. The Labute approximate surface area is 129 Å². The molecule has 1 aliphatic rings. The van der Waals surface area contributed by atoms with Gasteiger partial charge in [-0.3, -0.25) is 0 Å². The van der Waals surface area contributed by atoms with E-state index in [4.69, 9.17) is 20.9 Å². The lowest BCUT2D eigenvalue weighted by atomic mass is 10.2. The molecule has 0 spiro atoms. The summed E-state index contributed by atoms with van der Waals surface area (Å²) in [5.74, 6) is 0.0650. The number of hydrogen-bond donors (Lipinski definition) is 0. The number of rotatable bonds is 6. The molecule has 4 nitrogen and oxygen atoms in total. The van der Waals surface area contributed by atoms with Gasteiger partial charge < -0.3 is 9.05 Å². The smallest absolute Gasteiger partial charge is 0.247 e. The van der Waals surface area contributed by atoms with E-state index in [1.807, 2.05) is 26.0 Å². The van der Waals surface area contributed by atoms with Crippen LogP contribution in [0.15, 0.2) is 29.2 Å². The molecule has 1 aliphatic heterocycles. The molecule has 0 radical (unpaired) electrons. The van der Waals surface area contributed by atoms with Crippen LogP contribution in [0, 0.1) is 0 Å². The molecule has 1 aromatic rings. The van der Waals surface area contributed by atoms with E-state index < -0.39 is 15.5 Å². The van der Waals surface area contributed by atoms with Crippen molar-refractivity contribution in [2.45, 2.75) is 24.0 Å². The Morgan fingerprint density at radius 1 is 1.30 bits per heavy atom. The van der Waals surface area contributed by atoms with Gasteiger partial charge in [0.05, 0.1) is 29.1 Å². The van der Waals surface area contributed by atoms with E-state index >= 15 is 0 Å². The van der Waals surface area contributed by atoms with Crippen LogP contribution in [-0.2, 0) is 30.7 Å². The number of sulfone groups is 1. The Kier molecular flexibility index (Phi) is 5.32. The maximum absolute atomic E-state index is 12.1. The molecule has 0 N–H and O–H groups in total. The average molecular weight is 352 g/mol. The minimum atomic E-state index is -3.22. The lowest BCUT2D eigenvalue weighted by molar-refractivity contribution is 0.280. The van der Waals surface area contributed by atoms with Crippen molar-refractivity contribution in [2.24, 2.45) is 0 Å². The Morgan fingerprint density at radius 2 is 1.90 bits per heavy atom. The van der Waals surface area contributed by atoms with Crippen LogP contribution in [0.2, 0.25) is 0 Å². The van der Waals surface area contributed by atoms with Crippen molar-refractivity contribution in [3.05, 3.63) is 29.8 Å². The molecule has 1 aromatic carbocycles. The Hall–Kier alpha value is 0.0900. The fourth-order valence-corrected chi connectivity index (χ4v) is 10.4. The standard InChI is InChI=1S/C12H17O4PS3/c1-3-15-17(18,16-4-2)19-11-9-20(13,14)12-8-6-5-7-10(11)12/h5-8,11H,3-4,9H2,1-2H3. The molecule has 1 heterocycles. The predicted octanol–water partition coefficient (Wildman–Crippen LogP) is 3.55. The minimum Gasteiger partial charge on any atom is -0.322 e. The van der Waals surface area contributed by atoms with E-state index in [0.717, 1.165) is 5.56 Å². The summed E-state index contributed by atoms with van der Waals surface area (Å²) in [6.45, 7) is 4.65. The van der Waals surface area contributed by atoms with Gasteiger partial charge in [-0.05, 0) is 37.3 Å². The zero-order valence-corrected chi connectivity index (χ0v) is 14.7. The van der Waals surface area contributed by atoms with Gasteiger partial charge in [0.15, 0.2) is 9.84 Å². The fraction of sp³-hybridized carbons (Fsp3) is 0.500. The molecule has 2 rings (SSSR count). The van der Waals surface area contributed by atoms with Crippen LogP contribution in [0.25, 0.3) is 0 Å². The number of benzene rings is 1. The fourth-order valence-electron chi connectivity index (χ4n) is 2.07. The second-order valence-corrected chi connectivity index (χ2v) is 12.6. The largest absolute Gasteiger partial charge is 0.322 e. The summed E-state index contributed by atoms with van der Waals surface area (Å²) in [5.41, 5.74) is -1.68. The maximum Gasteiger partial charge on any atom is 0.247 e. The van der Waals surface area contributed by atoms with Gasteiger partial charge in [0.2, 0.25) is 5.69 Å². The van der Waals surface area contributed by atoms with Gasteiger partial charge in [-0.2, -0.15) is 0 Å². The summed E-state index contributed by atoms with van der Waals surface area (Å²) in [7, 11) is -3.22. The molecule has 20 heavy (non-hydrogen) atoms. The third kappa shape index (κ3) is 3.46. The Balaban J connectivity index is 2.30. The quantitative estimate of drug-likeness (QED) is 0.730. The molecule has 112 valence electrons. The molecule has 0 aromatic heterocycles. The second kappa shape index (κ2) is 6.46. The van der Waals surface area contributed by atoms with Gasteiger partial charge in [0.1, 0.15) is 0 Å². The van der Waals surface area contributed by atoms with Crippen molar-refractivity contribution in [1.82, 2.24) is 0 Å². The van der Waals surface area contributed by atoms with Crippen molar-refractivity contribution in [2.75, 3.05) is 19.0 Å². The first-order chi connectivity index (χ1) is 9.42. The van der Waals surface area contributed by atoms with E-state index in [1.54, 1.807) is 12.1 Å². The summed E-state index contributed by atoms with van der Waals surface area (Å²) in [5, 5.41) is -0.208. The van der Waals surface area contributed by atoms with Crippen LogP contribution in [0.4, 0.5) is 0 Å². The van der Waals surface area contributed by atoms with Gasteiger partial charge in [0.25, 0.3) is 0 Å². The molecular weight excluding hydrogens is 335 g/mol. The third-order valence-electron chi connectivity index (χ3n) is 2.80. The predicted molar refractivity (Wildman–Crippen MR) is 86.4 cm³/mol. The third-order valence-corrected chi connectivity index (χ3v) is 10.5. The average Bonchev–Trinajstić information content (AvgIpc) is 2.62. The van der Waals surface area contributed by atoms with E-state index in [-0.39, 0.29) is 11.0 Å². The summed E-state index contributed by atoms with van der Waals surface area (Å²) in [6, 6.07) is 7.08. The molecule has 0 fully saturated rings. The summed E-state index contributed by atoms with van der Waals surface area (Å²) >= 11 is 6.83. The number of fused-ring (bicyclic) bond motifs is 1. The highest BCUT2D eigenvalue weighted by Gasteiger charge is 2.38. The van der Waals surface area contributed by atoms with Crippen molar-refractivity contribution < 1.29 is 17.5 Å². The molecule has 0 aliphatic carbocycles. The Bertz CT molecular complexity index is 619. The van der Waals surface area contributed by atoms with Gasteiger partial charge >= 0.3 is 0 Å². The minimum absolute atomic E-state index is 0.0650. The summed E-state index contributed by atoms with van der Waals surface area (Å²) in [6.07, 6.45) is 0. The first kappa shape index (κ1) is 16.5. The van der Waals surface area contributed by atoms with Gasteiger partial charge in [-0.15, -0.1) is 0 Å². The van der Waals surface area contributed by atoms with Crippen LogP contribution in [0.5, 0.6) is 0 Å². The van der Waals surface area contributed by atoms with Crippen LogP contribution < -0.4 is 0 Å². The zero-order valence-electron chi connectivity index (χ0n) is 11.3. The molecule has 0 saturated heterocycles. The van der Waals surface area contributed by atoms with Crippen LogP contribution in [-0.4, -0.2) is 27.4 Å². The first-order valence-electron chi connectivity index (χ1n) is 6.31. The molecule has 1 atom stereocenters. The van der Waals surface area contributed by atoms with Crippen molar-refractivity contribution in [3.8, 4) is 0 Å². The molecule has 8 heteroatoms. The molecule has 0 saturated carbocycles. The highest BCUT2D eigenvalue weighted by atomic mass is 32.9. The maximum atomic E-state index is 12.1. The molecule has 0 bridgehead atoms. The van der Waals surface area contributed by atoms with Crippen LogP contribution in [0.3, 0.4) is 0 Å². The highest BCUT2D eigenvalue weighted by molar-refractivity contribution is 8.68. The lowest BCUT2D eigenvalue weighted by Gasteiger charge is -2.23. The summed E-state index contributed by atoms with van der Waals surface area (Å²) < 4.78 is 35.5. The van der Waals surface area contributed by atoms with Gasteiger partial charge in [0, 0.05) is 0 Å². The van der Waals surface area contributed by atoms with E-state index in [9.17, 15) is 8.42 Å². The van der Waals surface area contributed by atoms with Crippen LogP contribution in [0.1, 0.15) is 24.7 Å². The second-order valence-electron chi connectivity index (χ2n) is 4.20. The molecule has 1 unspecified atom stereocenters. The van der Waals surface area contributed by atoms with Crippen molar-refractivity contribution >= 4 is 38.7 Å². The lowest BCUT2D eigenvalue weighted by Crippen LogP contribution is -2.02. The van der Waals surface area contributed by atoms with E-state index in [0.29, 0.717) is 18.1 Å². The normalized spacial score (nSPS) is 20.8. The van der Waals surface area contributed by atoms with Crippen LogP contribution >= 0.6 is 17.1 Å². The number of hydrogen-bond acceptors (Lipinski definition) is 6. The van der Waals surface area contributed by atoms with E-state index in [1.165, 1.54) is 11.4 Å². The zero-order chi connectivity index (χ0) is 14.8.